The number of hydrogen-bond donors (Lipinski definition) is 0. The number of amides is 1. The van der Waals surface area contributed by atoms with Gasteiger partial charge in [-0.2, -0.15) is 0 Å². The topological polar surface area (TPSA) is 29.5 Å². The number of hydrogen-bond acceptors (Lipinski definition) is 2. The molecule has 3 aromatic carbocycles. The van der Waals surface area contributed by atoms with Gasteiger partial charge in [-0.1, -0.05) is 72.8 Å². The zero-order chi connectivity index (χ0) is 18.2. The third kappa shape index (κ3) is 4.80. The molecule has 0 heterocycles. The van der Waals surface area contributed by atoms with Crippen molar-refractivity contribution in [1.82, 2.24) is 4.90 Å². The van der Waals surface area contributed by atoms with Crippen molar-refractivity contribution >= 4 is 5.91 Å². The molecule has 0 fully saturated rings. The molecule has 1 amide bonds. The average Bonchev–Trinajstić information content (AvgIpc) is 2.69. The maximum Gasteiger partial charge on any atom is 0.254 e. The SMILES string of the molecule is COCc1cccc(C(=O)N(Cc2ccccc2)Cc2ccccc2)c1. The molecule has 0 aliphatic heterocycles. The molecule has 0 radical (unpaired) electrons. The summed E-state index contributed by atoms with van der Waals surface area (Å²) in [6, 6.07) is 27.8. The van der Waals surface area contributed by atoms with Crippen LogP contribution in [0.4, 0.5) is 0 Å². The lowest BCUT2D eigenvalue weighted by atomic mass is 10.1. The number of benzene rings is 3. The summed E-state index contributed by atoms with van der Waals surface area (Å²) < 4.78 is 5.19. The van der Waals surface area contributed by atoms with E-state index >= 15 is 0 Å². The Morgan fingerprint density at radius 3 is 1.85 bits per heavy atom. The van der Waals surface area contributed by atoms with Crippen molar-refractivity contribution in [3.63, 3.8) is 0 Å². The van der Waals surface area contributed by atoms with Gasteiger partial charge in [0.1, 0.15) is 0 Å². The second kappa shape index (κ2) is 8.97. The summed E-state index contributed by atoms with van der Waals surface area (Å²) in [5.41, 5.74) is 3.92. The standard InChI is InChI=1S/C23H23NO2/c1-26-18-21-13-8-14-22(15-21)23(25)24(16-19-9-4-2-5-10-19)17-20-11-6-3-7-12-20/h2-15H,16-18H2,1H3. The molecule has 132 valence electrons. The van der Waals surface area contributed by atoms with E-state index in [1.54, 1.807) is 7.11 Å². The summed E-state index contributed by atoms with van der Waals surface area (Å²) >= 11 is 0. The molecule has 0 bridgehead atoms. The van der Waals surface area contributed by atoms with E-state index in [-0.39, 0.29) is 5.91 Å². The first-order chi connectivity index (χ1) is 12.8. The van der Waals surface area contributed by atoms with E-state index < -0.39 is 0 Å². The van der Waals surface area contributed by atoms with Crippen molar-refractivity contribution in [3.05, 3.63) is 107 Å². The fraction of sp³-hybridized carbons (Fsp3) is 0.174. The Kier molecular flexibility index (Phi) is 6.18. The first-order valence-corrected chi connectivity index (χ1v) is 8.71. The molecule has 0 N–H and O–H groups in total. The van der Waals surface area contributed by atoms with Gasteiger partial charge in [0.25, 0.3) is 5.91 Å². The summed E-state index contributed by atoms with van der Waals surface area (Å²) in [5, 5.41) is 0. The van der Waals surface area contributed by atoms with E-state index in [1.165, 1.54) is 0 Å². The van der Waals surface area contributed by atoms with Gasteiger partial charge in [0.05, 0.1) is 6.61 Å². The van der Waals surface area contributed by atoms with E-state index in [1.807, 2.05) is 89.8 Å². The van der Waals surface area contributed by atoms with Gasteiger partial charge in [-0.25, -0.2) is 0 Å². The monoisotopic (exact) mass is 345 g/mol. The van der Waals surface area contributed by atoms with Crippen LogP contribution in [0.2, 0.25) is 0 Å². The minimum absolute atomic E-state index is 0.0238. The van der Waals surface area contributed by atoms with Crippen LogP contribution in [0.5, 0.6) is 0 Å². The maximum atomic E-state index is 13.2. The lowest BCUT2D eigenvalue weighted by molar-refractivity contribution is 0.0729. The number of carbonyl (C=O) groups is 1. The molecule has 0 aliphatic carbocycles. The number of ether oxygens (including phenoxy) is 1. The molecule has 3 heteroatoms. The predicted molar refractivity (Wildman–Crippen MR) is 104 cm³/mol. The molecule has 0 unspecified atom stereocenters. The Morgan fingerprint density at radius 2 is 1.31 bits per heavy atom. The quantitative estimate of drug-likeness (QED) is 0.622. The van der Waals surface area contributed by atoms with Gasteiger partial charge >= 0.3 is 0 Å². The summed E-state index contributed by atoms with van der Waals surface area (Å²) in [4.78, 5) is 15.1. The van der Waals surface area contributed by atoms with Crippen LogP contribution in [0.1, 0.15) is 27.0 Å². The third-order valence-corrected chi connectivity index (χ3v) is 4.20. The van der Waals surface area contributed by atoms with Crippen molar-refractivity contribution in [3.8, 4) is 0 Å². The van der Waals surface area contributed by atoms with Crippen molar-refractivity contribution in [2.24, 2.45) is 0 Å². The van der Waals surface area contributed by atoms with Crippen molar-refractivity contribution < 1.29 is 9.53 Å². The third-order valence-electron chi connectivity index (χ3n) is 4.20. The molecular formula is C23H23NO2. The molecule has 0 saturated carbocycles. The minimum Gasteiger partial charge on any atom is -0.380 e. The van der Waals surface area contributed by atoms with Crippen LogP contribution in [0.25, 0.3) is 0 Å². The van der Waals surface area contributed by atoms with Crippen LogP contribution in [-0.4, -0.2) is 17.9 Å². The van der Waals surface area contributed by atoms with Gasteiger partial charge in [0, 0.05) is 25.8 Å². The average molecular weight is 345 g/mol. The number of carbonyl (C=O) groups excluding carboxylic acids is 1. The van der Waals surface area contributed by atoms with Gasteiger partial charge in [-0.3, -0.25) is 4.79 Å². The van der Waals surface area contributed by atoms with Gasteiger partial charge in [-0.15, -0.1) is 0 Å². The van der Waals surface area contributed by atoms with E-state index in [4.69, 9.17) is 4.74 Å². The molecule has 3 nitrogen and oxygen atoms in total. The number of methoxy groups -OCH3 is 1. The Bertz CT molecular complexity index is 790. The summed E-state index contributed by atoms with van der Waals surface area (Å²) in [6.07, 6.45) is 0. The Morgan fingerprint density at radius 1 is 0.769 bits per heavy atom. The Labute approximate surface area is 154 Å². The van der Waals surface area contributed by atoms with E-state index in [0.29, 0.717) is 25.3 Å². The summed E-state index contributed by atoms with van der Waals surface area (Å²) in [6.45, 7) is 1.64. The van der Waals surface area contributed by atoms with Crippen LogP contribution in [0, 0.1) is 0 Å². The second-order valence-corrected chi connectivity index (χ2v) is 6.27. The fourth-order valence-corrected chi connectivity index (χ4v) is 2.95. The van der Waals surface area contributed by atoms with E-state index in [9.17, 15) is 4.79 Å². The van der Waals surface area contributed by atoms with Crippen LogP contribution >= 0.6 is 0 Å². The Balaban J connectivity index is 1.86. The van der Waals surface area contributed by atoms with Crippen molar-refractivity contribution in [1.29, 1.82) is 0 Å². The minimum atomic E-state index is 0.0238. The molecule has 0 atom stereocenters. The second-order valence-electron chi connectivity index (χ2n) is 6.27. The smallest absolute Gasteiger partial charge is 0.254 e. The molecule has 0 aliphatic rings. The lowest BCUT2D eigenvalue weighted by Gasteiger charge is -2.23. The highest BCUT2D eigenvalue weighted by molar-refractivity contribution is 5.94. The molecule has 0 spiro atoms. The zero-order valence-electron chi connectivity index (χ0n) is 15.0. The largest absolute Gasteiger partial charge is 0.380 e. The normalized spacial score (nSPS) is 10.5. The van der Waals surface area contributed by atoms with E-state index in [2.05, 4.69) is 0 Å². The summed E-state index contributed by atoms with van der Waals surface area (Å²) in [7, 11) is 1.66. The summed E-state index contributed by atoms with van der Waals surface area (Å²) in [5.74, 6) is 0.0238. The van der Waals surface area contributed by atoms with Crippen LogP contribution in [-0.2, 0) is 24.4 Å². The molecule has 3 rings (SSSR count). The molecular weight excluding hydrogens is 322 g/mol. The van der Waals surface area contributed by atoms with Crippen molar-refractivity contribution in [2.45, 2.75) is 19.7 Å². The lowest BCUT2D eigenvalue weighted by Crippen LogP contribution is -2.30. The molecule has 0 aromatic heterocycles. The van der Waals surface area contributed by atoms with Gasteiger partial charge < -0.3 is 9.64 Å². The highest BCUT2D eigenvalue weighted by Crippen LogP contribution is 2.16. The first kappa shape index (κ1) is 17.9. The molecule has 3 aromatic rings. The van der Waals surface area contributed by atoms with Gasteiger partial charge in [0.15, 0.2) is 0 Å². The van der Waals surface area contributed by atoms with Crippen molar-refractivity contribution in [2.75, 3.05) is 7.11 Å². The van der Waals surface area contributed by atoms with Gasteiger partial charge in [-0.05, 0) is 28.8 Å². The van der Waals surface area contributed by atoms with Gasteiger partial charge in [0.2, 0.25) is 0 Å². The maximum absolute atomic E-state index is 13.2. The Hall–Kier alpha value is -2.91. The highest BCUT2D eigenvalue weighted by Gasteiger charge is 2.17. The molecule has 0 saturated heterocycles. The van der Waals surface area contributed by atoms with Crippen LogP contribution in [0.15, 0.2) is 84.9 Å². The first-order valence-electron chi connectivity index (χ1n) is 8.71. The van der Waals surface area contributed by atoms with E-state index in [0.717, 1.165) is 16.7 Å². The predicted octanol–water partition coefficient (Wildman–Crippen LogP) is 4.68. The zero-order valence-corrected chi connectivity index (χ0v) is 15.0. The number of rotatable bonds is 7. The highest BCUT2D eigenvalue weighted by atomic mass is 16.5. The fourth-order valence-electron chi connectivity index (χ4n) is 2.95. The van der Waals surface area contributed by atoms with Crippen LogP contribution in [0.3, 0.4) is 0 Å². The number of nitrogens with zero attached hydrogens (tertiary/aromatic N) is 1. The van der Waals surface area contributed by atoms with Crippen LogP contribution < -0.4 is 0 Å². The molecule has 26 heavy (non-hydrogen) atoms.